The molecule has 0 saturated carbocycles. The van der Waals surface area contributed by atoms with E-state index < -0.39 is 15.6 Å². The number of hydrogen-bond donors (Lipinski definition) is 2. The number of nitrogens with two attached hydrogens (primary N) is 1. The Morgan fingerprint density at radius 3 is 2.40 bits per heavy atom. The number of ether oxygens (including phenoxy) is 1. The third kappa shape index (κ3) is 4.31. The standard InChI is InChI=1S/C12H18Cl2N2O3S/c1-12(2,7-19-3)16-20(17,18)11-4-8(6-15)9(13)5-10(11)14/h4-5,16H,6-7,15H2,1-3H3. The van der Waals surface area contributed by atoms with Crippen LogP contribution in [-0.2, 0) is 21.3 Å². The van der Waals surface area contributed by atoms with Crippen molar-refractivity contribution in [2.75, 3.05) is 13.7 Å². The Bertz CT molecular complexity index is 589. The minimum Gasteiger partial charge on any atom is -0.383 e. The van der Waals surface area contributed by atoms with Crippen LogP contribution in [0.25, 0.3) is 0 Å². The van der Waals surface area contributed by atoms with Crippen molar-refractivity contribution >= 4 is 33.2 Å². The van der Waals surface area contributed by atoms with Crippen molar-refractivity contribution in [1.29, 1.82) is 0 Å². The maximum atomic E-state index is 12.4. The number of methoxy groups -OCH3 is 1. The molecule has 0 radical (unpaired) electrons. The highest BCUT2D eigenvalue weighted by Crippen LogP contribution is 2.29. The fourth-order valence-corrected chi connectivity index (χ4v) is 4.02. The zero-order valence-corrected chi connectivity index (χ0v) is 13.9. The van der Waals surface area contributed by atoms with E-state index in [4.69, 9.17) is 33.7 Å². The number of benzene rings is 1. The van der Waals surface area contributed by atoms with Gasteiger partial charge in [-0.05, 0) is 31.5 Å². The van der Waals surface area contributed by atoms with Gasteiger partial charge >= 0.3 is 0 Å². The first-order valence-electron chi connectivity index (χ1n) is 5.84. The van der Waals surface area contributed by atoms with Crippen LogP contribution in [0, 0.1) is 0 Å². The van der Waals surface area contributed by atoms with Gasteiger partial charge in [-0.3, -0.25) is 0 Å². The minimum atomic E-state index is -3.80. The molecule has 0 fully saturated rings. The molecule has 5 nitrogen and oxygen atoms in total. The van der Waals surface area contributed by atoms with Crippen LogP contribution < -0.4 is 10.5 Å². The molecule has 8 heteroatoms. The summed E-state index contributed by atoms with van der Waals surface area (Å²) in [7, 11) is -2.30. The second-order valence-corrected chi connectivity index (χ2v) is 7.47. The first-order chi connectivity index (χ1) is 9.13. The summed E-state index contributed by atoms with van der Waals surface area (Å²) in [5.41, 5.74) is 5.28. The summed E-state index contributed by atoms with van der Waals surface area (Å²) in [4.78, 5) is -0.0480. The van der Waals surface area contributed by atoms with Crippen molar-refractivity contribution in [3.63, 3.8) is 0 Å². The van der Waals surface area contributed by atoms with Crippen molar-refractivity contribution in [3.05, 3.63) is 27.7 Å². The molecule has 3 N–H and O–H groups in total. The monoisotopic (exact) mass is 340 g/mol. The van der Waals surface area contributed by atoms with E-state index in [-0.39, 0.29) is 23.1 Å². The van der Waals surface area contributed by atoms with Gasteiger partial charge in [0.25, 0.3) is 0 Å². The molecule has 0 unspecified atom stereocenters. The van der Waals surface area contributed by atoms with E-state index in [1.54, 1.807) is 13.8 Å². The van der Waals surface area contributed by atoms with Gasteiger partial charge in [0.05, 0.1) is 17.2 Å². The number of rotatable bonds is 6. The normalized spacial score (nSPS) is 12.7. The molecule has 20 heavy (non-hydrogen) atoms. The van der Waals surface area contributed by atoms with Crippen LogP contribution >= 0.6 is 23.2 Å². The zero-order chi connectivity index (χ0) is 15.6. The molecule has 114 valence electrons. The Hall–Kier alpha value is -0.370. The van der Waals surface area contributed by atoms with Gasteiger partial charge in [0, 0.05) is 18.7 Å². The second-order valence-electron chi connectivity index (χ2n) is 5.00. The lowest BCUT2D eigenvalue weighted by molar-refractivity contribution is 0.141. The number of sulfonamides is 1. The molecule has 0 saturated heterocycles. The predicted octanol–water partition coefficient (Wildman–Crippen LogP) is 2.16. The van der Waals surface area contributed by atoms with Crippen LogP contribution in [0.4, 0.5) is 0 Å². The lowest BCUT2D eigenvalue weighted by Crippen LogP contribution is -2.46. The van der Waals surface area contributed by atoms with Gasteiger partial charge in [0.1, 0.15) is 4.90 Å². The first kappa shape index (κ1) is 17.7. The molecule has 0 heterocycles. The summed E-state index contributed by atoms with van der Waals surface area (Å²) in [6, 6.07) is 2.76. The molecule has 1 aromatic carbocycles. The van der Waals surface area contributed by atoms with Crippen molar-refractivity contribution < 1.29 is 13.2 Å². The molecule has 0 aliphatic carbocycles. The number of halogens is 2. The van der Waals surface area contributed by atoms with Crippen molar-refractivity contribution in [1.82, 2.24) is 4.72 Å². The topological polar surface area (TPSA) is 81.4 Å². The van der Waals surface area contributed by atoms with Gasteiger partial charge in [-0.15, -0.1) is 0 Å². The van der Waals surface area contributed by atoms with Crippen molar-refractivity contribution in [2.24, 2.45) is 5.73 Å². The lowest BCUT2D eigenvalue weighted by Gasteiger charge is -2.25. The summed E-state index contributed by atoms with van der Waals surface area (Å²) >= 11 is 11.9. The largest absolute Gasteiger partial charge is 0.383 e. The highest BCUT2D eigenvalue weighted by atomic mass is 35.5. The quantitative estimate of drug-likeness (QED) is 0.831. The van der Waals surface area contributed by atoms with Gasteiger partial charge in [0.2, 0.25) is 10.0 Å². The van der Waals surface area contributed by atoms with Crippen LogP contribution in [0.1, 0.15) is 19.4 Å². The molecule has 0 aromatic heterocycles. The van der Waals surface area contributed by atoms with Crippen molar-refractivity contribution in [2.45, 2.75) is 30.8 Å². The smallest absolute Gasteiger partial charge is 0.242 e. The average Bonchev–Trinajstić information content (AvgIpc) is 2.26. The molecule has 0 atom stereocenters. The molecular formula is C12H18Cl2N2O3S. The van der Waals surface area contributed by atoms with E-state index in [0.717, 1.165) is 0 Å². The van der Waals surface area contributed by atoms with Gasteiger partial charge < -0.3 is 10.5 Å². The zero-order valence-electron chi connectivity index (χ0n) is 11.5. The number of hydrogen-bond acceptors (Lipinski definition) is 4. The predicted molar refractivity (Wildman–Crippen MR) is 80.6 cm³/mol. The Morgan fingerprint density at radius 2 is 1.90 bits per heavy atom. The van der Waals surface area contributed by atoms with E-state index in [9.17, 15) is 8.42 Å². The first-order valence-corrected chi connectivity index (χ1v) is 8.08. The Balaban J connectivity index is 3.22. The van der Waals surface area contributed by atoms with Crippen LogP contribution in [0.3, 0.4) is 0 Å². The van der Waals surface area contributed by atoms with E-state index in [1.807, 2.05) is 0 Å². The van der Waals surface area contributed by atoms with E-state index in [2.05, 4.69) is 4.72 Å². The van der Waals surface area contributed by atoms with E-state index in [1.165, 1.54) is 19.2 Å². The minimum absolute atomic E-state index is 0.0480. The Labute approximate surface area is 129 Å². The van der Waals surface area contributed by atoms with E-state index >= 15 is 0 Å². The third-order valence-corrected chi connectivity index (χ3v) is 5.04. The fraction of sp³-hybridized carbons (Fsp3) is 0.500. The molecular weight excluding hydrogens is 323 g/mol. The SMILES string of the molecule is COCC(C)(C)NS(=O)(=O)c1cc(CN)c(Cl)cc1Cl. The van der Waals surface area contributed by atoms with Crippen LogP contribution in [-0.4, -0.2) is 27.7 Å². The van der Waals surface area contributed by atoms with E-state index in [0.29, 0.717) is 10.6 Å². The molecule has 0 spiro atoms. The maximum Gasteiger partial charge on any atom is 0.242 e. The maximum absolute atomic E-state index is 12.4. The van der Waals surface area contributed by atoms with Crippen LogP contribution in [0.15, 0.2) is 17.0 Å². The highest BCUT2D eigenvalue weighted by molar-refractivity contribution is 7.89. The van der Waals surface area contributed by atoms with Gasteiger partial charge in [0.15, 0.2) is 0 Å². The molecule has 0 aliphatic rings. The average molecular weight is 341 g/mol. The highest BCUT2D eigenvalue weighted by Gasteiger charge is 2.28. The molecule has 1 rings (SSSR count). The summed E-state index contributed by atoms with van der Waals surface area (Å²) in [6.45, 7) is 3.77. The van der Waals surface area contributed by atoms with Gasteiger partial charge in [-0.2, -0.15) is 0 Å². The third-order valence-electron chi connectivity index (χ3n) is 2.53. The summed E-state index contributed by atoms with van der Waals surface area (Å²) in [5.74, 6) is 0. The van der Waals surface area contributed by atoms with Crippen LogP contribution in [0.5, 0.6) is 0 Å². The second kappa shape index (κ2) is 6.60. The summed E-state index contributed by atoms with van der Waals surface area (Å²) < 4.78 is 32.3. The molecule has 0 aliphatic heterocycles. The van der Waals surface area contributed by atoms with Gasteiger partial charge in [-0.1, -0.05) is 23.2 Å². The summed E-state index contributed by atoms with van der Waals surface area (Å²) in [5, 5.41) is 0.389. The summed E-state index contributed by atoms with van der Waals surface area (Å²) in [6.07, 6.45) is 0. The molecule has 0 bridgehead atoms. The van der Waals surface area contributed by atoms with Crippen LogP contribution in [0.2, 0.25) is 10.0 Å². The molecule has 0 amide bonds. The lowest BCUT2D eigenvalue weighted by atomic mass is 10.1. The number of nitrogens with one attached hydrogen (secondary N) is 1. The molecule has 1 aromatic rings. The van der Waals surface area contributed by atoms with Gasteiger partial charge in [-0.25, -0.2) is 13.1 Å². The van der Waals surface area contributed by atoms with Crippen molar-refractivity contribution in [3.8, 4) is 0 Å². The Kier molecular flexibility index (Phi) is 5.83. The fourth-order valence-electron chi connectivity index (χ4n) is 1.74. The Morgan fingerprint density at radius 1 is 1.30 bits per heavy atom.